The average Bonchev–Trinajstić information content (AvgIpc) is 2.26. The first-order valence-corrected chi connectivity index (χ1v) is 6.49. The average molecular weight is 231 g/mol. The molecule has 1 rings (SSSR count). The van der Waals surface area contributed by atoms with Crippen molar-refractivity contribution in [2.45, 2.75) is 40.7 Å². The van der Waals surface area contributed by atoms with Crippen molar-refractivity contribution in [2.75, 3.05) is 6.54 Å². The van der Waals surface area contributed by atoms with Crippen LogP contribution in [0.4, 0.5) is 0 Å². The van der Waals surface area contributed by atoms with E-state index in [4.69, 9.17) is 0 Å². The van der Waals surface area contributed by atoms with Crippen LogP contribution in [0.1, 0.15) is 38.8 Å². The van der Waals surface area contributed by atoms with Crippen LogP contribution in [0.15, 0.2) is 29.8 Å². The maximum absolute atomic E-state index is 3.49. The van der Waals surface area contributed by atoms with Crippen LogP contribution in [-0.4, -0.2) is 12.6 Å². The molecule has 0 amide bonds. The summed E-state index contributed by atoms with van der Waals surface area (Å²) in [6, 6.07) is 9.25. The van der Waals surface area contributed by atoms with Crippen LogP contribution in [0.3, 0.4) is 0 Å². The second-order valence-electron chi connectivity index (χ2n) is 5.32. The Morgan fingerprint density at radius 1 is 1.12 bits per heavy atom. The fourth-order valence-electron chi connectivity index (χ4n) is 1.62. The van der Waals surface area contributed by atoms with Gasteiger partial charge in [0.2, 0.25) is 0 Å². The van der Waals surface area contributed by atoms with Crippen molar-refractivity contribution in [1.82, 2.24) is 5.32 Å². The highest BCUT2D eigenvalue weighted by atomic mass is 14.9. The summed E-state index contributed by atoms with van der Waals surface area (Å²) in [4.78, 5) is 0. The van der Waals surface area contributed by atoms with Gasteiger partial charge in [0, 0.05) is 12.6 Å². The van der Waals surface area contributed by atoms with Crippen LogP contribution >= 0.6 is 0 Å². The Labute approximate surface area is 106 Å². The molecule has 0 aromatic heterocycles. The van der Waals surface area contributed by atoms with E-state index in [1.807, 2.05) is 0 Å². The zero-order valence-corrected chi connectivity index (χ0v) is 11.7. The van der Waals surface area contributed by atoms with Crippen molar-refractivity contribution >= 4 is 6.08 Å². The van der Waals surface area contributed by atoms with E-state index in [0.29, 0.717) is 12.0 Å². The summed E-state index contributed by atoms with van der Waals surface area (Å²) in [7, 11) is 0. The molecule has 1 nitrogen and oxygen atoms in total. The Morgan fingerprint density at radius 2 is 1.71 bits per heavy atom. The van der Waals surface area contributed by atoms with Crippen LogP contribution in [-0.2, 0) is 0 Å². The molecule has 0 saturated carbocycles. The van der Waals surface area contributed by atoms with Crippen molar-refractivity contribution in [2.24, 2.45) is 5.92 Å². The Balaban J connectivity index is 2.78. The second kappa shape index (κ2) is 6.61. The highest BCUT2D eigenvalue weighted by molar-refractivity contribution is 5.54. The van der Waals surface area contributed by atoms with E-state index in [2.05, 4.69) is 70.3 Å². The highest BCUT2D eigenvalue weighted by Gasteiger charge is 2.04. The van der Waals surface area contributed by atoms with Gasteiger partial charge in [0.05, 0.1) is 0 Å². The quantitative estimate of drug-likeness (QED) is 0.806. The van der Waals surface area contributed by atoms with Gasteiger partial charge >= 0.3 is 0 Å². The van der Waals surface area contributed by atoms with Crippen molar-refractivity contribution in [3.63, 3.8) is 0 Å². The fraction of sp³-hybridized carbons (Fsp3) is 0.500. The Morgan fingerprint density at radius 3 is 2.18 bits per heavy atom. The van der Waals surface area contributed by atoms with E-state index in [1.165, 1.54) is 16.7 Å². The van der Waals surface area contributed by atoms with Gasteiger partial charge in [0.15, 0.2) is 0 Å². The zero-order valence-electron chi connectivity index (χ0n) is 11.7. The lowest BCUT2D eigenvalue weighted by atomic mass is 9.99. The van der Waals surface area contributed by atoms with Gasteiger partial charge in [-0.05, 0) is 18.4 Å². The largest absolute Gasteiger partial charge is 0.311 e. The number of hydrogen-bond donors (Lipinski definition) is 1. The molecule has 1 heteroatoms. The van der Waals surface area contributed by atoms with Gasteiger partial charge in [-0.3, -0.25) is 0 Å². The third-order valence-electron chi connectivity index (χ3n) is 2.89. The van der Waals surface area contributed by atoms with Crippen molar-refractivity contribution in [3.05, 3.63) is 41.0 Å². The molecule has 0 saturated heterocycles. The van der Waals surface area contributed by atoms with Crippen LogP contribution in [0, 0.1) is 12.8 Å². The molecule has 0 spiro atoms. The first-order valence-electron chi connectivity index (χ1n) is 6.49. The summed E-state index contributed by atoms with van der Waals surface area (Å²) in [6.45, 7) is 12.0. The summed E-state index contributed by atoms with van der Waals surface area (Å²) >= 11 is 0. The molecule has 1 aromatic carbocycles. The first-order chi connectivity index (χ1) is 7.99. The molecule has 17 heavy (non-hydrogen) atoms. The lowest BCUT2D eigenvalue weighted by Gasteiger charge is -2.15. The predicted molar refractivity (Wildman–Crippen MR) is 77.1 cm³/mol. The monoisotopic (exact) mass is 231 g/mol. The number of benzene rings is 1. The third-order valence-corrected chi connectivity index (χ3v) is 2.89. The molecule has 1 aromatic rings. The number of aryl methyl sites for hydroxylation is 1. The van der Waals surface area contributed by atoms with Gasteiger partial charge in [-0.1, -0.05) is 69.2 Å². The Kier molecular flexibility index (Phi) is 5.43. The molecule has 0 fully saturated rings. The molecular weight excluding hydrogens is 206 g/mol. The molecular formula is C16H25N. The van der Waals surface area contributed by atoms with E-state index in [1.54, 1.807) is 0 Å². The zero-order chi connectivity index (χ0) is 12.8. The molecule has 0 bridgehead atoms. The van der Waals surface area contributed by atoms with Gasteiger partial charge < -0.3 is 5.32 Å². The summed E-state index contributed by atoms with van der Waals surface area (Å²) < 4.78 is 0. The van der Waals surface area contributed by atoms with E-state index in [-0.39, 0.29) is 0 Å². The lowest BCUT2D eigenvalue weighted by Crippen LogP contribution is -2.26. The molecule has 0 aliphatic heterocycles. The first kappa shape index (κ1) is 14.0. The van der Waals surface area contributed by atoms with Crippen molar-refractivity contribution < 1.29 is 0 Å². The molecule has 0 aliphatic carbocycles. The van der Waals surface area contributed by atoms with Gasteiger partial charge in [0.25, 0.3) is 0 Å². The number of nitrogens with one attached hydrogen (secondary N) is 1. The lowest BCUT2D eigenvalue weighted by molar-refractivity contribution is 0.593. The highest BCUT2D eigenvalue weighted by Crippen LogP contribution is 2.14. The van der Waals surface area contributed by atoms with Crippen LogP contribution in [0.2, 0.25) is 0 Å². The SMILES string of the molecule is Cc1ccc(C=C(CNC(C)C)C(C)C)cc1. The maximum atomic E-state index is 3.49. The molecule has 0 aliphatic rings. The van der Waals surface area contributed by atoms with Crippen molar-refractivity contribution in [3.8, 4) is 0 Å². The van der Waals surface area contributed by atoms with Crippen LogP contribution in [0.25, 0.3) is 6.08 Å². The minimum absolute atomic E-state index is 0.537. The van der Waals surface area contributed by atoms with Crippen molar-refractivity contribution in [1.29, 1.82) is 0 Å². The minimum Gasteiger partial charge on any atom is -0.311 e. The number of rotatable bonds is 5. The number of hydrogen-bond acceptors (Lipinski definition) is 1. The summed E-state index contributed by atoms with van der Waals surface area (Å²) in [5, 5.41) is 3.49. The fourth-order valence-corrected chi connectivity index (χ4v) is 1.62. The van der Waals surface area contributed by atoms with Crippen LogP contribution < -0.4 is 5.32 Å². The second-order valence-corrected chi connectivity index (χ2v) is 5.32. The molecule has 0 unspecified atom stereocenters. The van der Waals surface area contributed by atoms with Gasteiger partial charge in [-0.15, -0.1) is 0 Å². The van der Waals surface area contributed by atoms with E-state index in [9.17, 15) is 0 Å². The van der Waals surface area contributed by atoms with Gasteiger partial charge in [0.1, 0.15) is 0 Å². The predicted octanol–water partition coefficient (Wildman–Crippen LogP) is 4.03. The smallest absolute Gasteiger partial charge is 0.0172 e. The van der Waals surface area contributed by atoms with E-state index in [0.717, 1.165) is 6.54 Å². The molecule has 0 atom stereocenters. The maximum Gasteiger partial charge on any atom is 0.0172 e. The standard InChI is InChI=1S/C16H25N/c1-12(2)16(11-17-13(3)4)10-15-8-6-14(5)7-9-15/h6-10,12-13,17H,11H2,1-5H3. The summed E-state index contributed by atoms with van der Waals surface area (Å²) in [6.07, 6.45) is 2.31. The minimum atomic E-state index is 0.537. The third kappa shape index (κ3) is 5.18. The Hall–Kier alpha value is -1.08. The molecule has 0 heterocycles. The van der Waals surface area contributed by atoms with Crippen LogP contribution in [0.5, 0.6) is 0 Å². The van der Waals surface area contributed by atoms with Gasteiger partial charge in [-0.25, -0.2) is 0 Å². The summed E-state index contributed by atoms with van der Waals surface area (Å²) in [5.41, 5.74) is 4.07. The normalized spacial score (nSPS) is 12.5. The molecule has 1 N–H and O–H groups in total. The van der Waals surface area contributed by atoms with E-state index < -0.39 is 0 Å². The topological polar surface area (TPSA) is 12.0 Å². The van der Waals surface area contributed by atoms with Gasteiger partial charge in [-0.2, -0.15) is 0 Å². The summed E-state index contributed by atoms with van der Waals surface area (Å²) in [5.74, 6) is 0.586. The Bertz CT molecular complexity index is 358. The molecule has 0 radical (unpaired) electrons. The van der Waals surface area contributed by atoms with E-state index >= 15 is 0 Å². The molecule has 94 valence electrons.